The van der Waals surface area contributed by atoms with Crippen LogP contribution < -0.4 is 5.32 Å². The number of hydrogen-bond donors (Lipinski definition) is 2. The molecule has 0 aromatic heterocycles. The molecular weight excluding hydrogens is 328 g/mol. The quantitative estimate of drug-likeness (QED) is 0.801. The van der Waals surface area contributed by atoms with E-state index in [4.69, 9.17) is 0 Å². The fourth-order valence-electron chi connectivity index (χ4n) is 3.68. The molecule has 1 saturated carbocycles. The van der Waals surface area contributed by atoms with Gasteiger partial charge in [-0.2, -0.15) is 0 Å². The van der Waals surface area contributed by atoms with E-state index < -0.39 is 0 Å². The summed E-state index contributed by atoms with van der Waals surface area (Å²) >= 11 is 0. The molecular formula is C20H32N4O2. The number of rotatable bonds is 6. The molecule has 1 heterocycles. The number of hydrogen-bond acceptors (Lipinski definition) is 4. The van der Waals surface area contributed by atoms with Crippen LogP contribution in [0.3, 0.4) is 0 Å². The summed E-state index contributed by atoms with van der Waals surface area (Å²) in [5.41, 5.74) is 2.29. The molecule has 1 atom stereocenters. The summed E-state index contributed by atoms with van der Waals surface area (Å²) in [6.07, 6.45) is 1.68. The van der Waals surface area contributed by atoms with Crippen LogP contribution in [0, 0.1) is 6.92 Å². The molecule has 2 N–H and O–H groups in total. The van der Waals surface area contributed by atoms with Crippen molar-refractivity contribution in [3.63, 3.8) is 0 Å². The number of nitrogens with one attached hydrogen (secondary N) is 1. The van der Waals surface area contributed by atoms with Crippen LogP contribution in [0.15, 0.2) is 24.3 Å². The minimum atomic E-state index is -0.346. The van der Waals surface area contributed by atoms with Crippen LogP contribution in [0.2, 0.25) is 0 Å². The first-order chi connectivity index (χ1) is 12.4. The topological polar surface area (TPSA) is 59.1 Å². The molecule has 2 fully saturated rings. The van der Waals surface area contributed by atoms with Gasteiger partial charge in [0.15, 0.2) is 0 Å². The minimum Gasteiger partial charge on any atom is -0.390 e. The zero-order chi connectivity index (χ0) is 18.7. The van der Waals surface area contributed by atoms with Gasteiger partial charge in [-0.25, -0.2) is 4.79 Å². The Labute approximate surface area is 156 Å². The molecule has 26 heavy (non-hydrogen) atoms. The number of β-amino-alcohol motifs (C(OH)–C–C–N with tert-alkyl or cyclic N) is 1. The van der Waals surface area contributed by atoms with Crippen molar-refractivity contribution >= 4 is 6.03 Å². The van der Waals surface area contributed by atoms with Gasteiger partial charge in [0.25, 0.3) is 0 Å². The zero-order valence-electron chi connectivity index (χ0n) is 16.2. The predicted molar refractivity (Wildman–Crippen MR) is 103 cm³/mol. The average molecular weight is 361 g/mol. The monoisotopic (exact) mass is 360 g/mol. The van der Waals surface area contributed by atoms with E-state index in [2.05, 4.69) is 41.4 Å². The summed E-state index contributed by atoms with van der Waals surface area (Å²) in [5, 5.41) is 13.3. The number of carbonyl (C=O) groups is 1. The number of amides is 2. The van der Waals surface area contributed by atoms with Gasteiger partial charge in [0.1, 0.15) is 0 Å². The van der Waals surface area contributed by atoms with Crippen LogP contribution in [0.25, 0.3) is 0 Å². The van der Waals surface area contributed by atoms with Gasteiger partial charge in [0.2, 0.25) is 0 Å². The molecule has 2 aliphatic rings. The van der Waals surface area contributed by atoms with Gasteiger partial charge < -0.3 is 20.2 Å². The Kier molecular flexibility index (Phi) is 5.85. The average Bonchev–Trinajstić information content (AvgIpc) is 3.36. The summed E-state index contributed by atoms with van der Waals surface area (Å²) in [4.78, 5) is 18.8. The summed E-state index contributed by atoms with van der Waals surface area (Å²) in [6.45, 7) is 6.47. The lowest BCUT2D eigenvalue weighted by molar-refractivity contribution is 0.0658. The van der Waals surface area contributed by atoms with Crippen molar-refractivity contribution in [3.8, 4) is 0 Å². The summed E-state index contributed by atoms with van der Waals surface area (Å²) in [6, 6.07) is 8.52. The fourth-order valence-corrected chi connectivity index (χ4v) is 3.68. The van der Waals surface area contributed by atoms with Crippen molar-refractivity contribution in [2.24, 2.45) is 0 Å². The normalized spacial score (nSPS) is 20.9. The first kappa shape index (κ1) is 19.1. The lowest BCUT2D eigenvalue weighted by Gasteiger charge is -2.36. The van der Waals surface area contributed by atoms with E-state index >= 15 is 0 Å². The first-order valence-corrected chi connectivity index (χ1v) is 9.57. The number of carbonyl (C=O) groups excluding carboxylic acids is 1. The maximum atomic E-state index is 12.7. The minimum absolute atomic E-state index is 0.0385. The van der Waals surface area contributed by atoms with E-state index in [1.807, 2.05) is 23.9 Å². The molecule has 1 aromatic rings. The molecule has 144 valence electrons. The van der Waals surface area contributed by atoms with Crippen molar-refractivity contribution in [1.29, 1.82) is 0 Å². The van der Waals surface area contributed by atoms with Crippen LogP contribution >= 0.6 is 0 Å². The smallest absolute Gasteiger partial charge is 0.318 e. The third-order valence-electron chi connectivity index (χ3n) is 5.40. The maximum absolute atomic E-state index is 12.7. The van der Waals surface area contributed by atoms with Gasteiger partial charge in [-0.3, -0.25) is 4.90 Å². The molecule has 1 aliphatic heterocycles. The Bertz CT molecular complexity index is 605. The van der Waals surface area contributed by atoms with Gasteiger partial charge in [-0.1, -0.05) is 29.8 Å². The van der Waals surface area contributed by atoms with E-state index in [1.54, 1.807) is 0 Å². The number of urea groups is 1. The van der Waals surface area contributed by atoms with Crippen molar-refractivity contribution < 1.29 is 9.90 Å². The Hall–Kier alpha value is -1.63. The van der Waals surface area contributed by atoms with Crippen LogP contribution in [-0.4, -0.2) is 85.3 Å². The zero-order valence-corrected chi connectivity index (χ0v) is 16.2. The largest absolute Gasteiger partial charge is 0.390 e. The molecule has 0 spiro atoms. The molecule has 2 amide bonds. The molecule has 0 unspecified atom stereocenters. The number of piperazine rings is 1. The van der Waals surface area contributed by atoms with Crippen LogP contribution in [-0.2, 0) is 5.54 Å². The number of likely N-dealkylation sites (N-methyl/N-ethyl adjacent to an activating group) is 1. The van der Waals surface area contributed by atoms with E-state index in [0.29, 0.717) is 26.2 Å². The Balaban J connectivity index is 1.47. The molecule has 1 aliphatic carbocycles. The molecule has 0 radical (unpaired) electrons. The number of aliphatic hydroxyl groups excluding tert-OH is 1. The first-order valence-electron chi connectivity index (χ1n) is 9.57. The van der Waals surface area contributed by atoms with Crippen LogP contribution in [0.4, 0.5) is 4.79 Å². The second kappa shape index (κ2) is 7.94. The van der Waals surface area contributed by atoms with E-state index in [0.717, 1.165) is 25.9 Å². The second-order valence-electron chi connectivity index (χ2n) is 8.08. The second-order valence-corrected chi connectivity index (χ2v) is 8.08. The molecule has 6 heteroatoms. The number of aryl methyl sites for hydroxylation is 1. The van der Waals surface area contributed by atoms with Crippen LogP contribution in [0.5, 0.6) is 0 Å². The summed E-state index contributed by atoms with van der Waals surface area (Å²) < 4.78 is 0. The van der Waals surface area contributed by atoms with Gasteiger partial charge in [0.05, 0.1) is 11.6 Å². The molecule has 1 aromatic carbocycles. The highest BCUT2D eigenvalue weighted by molar-refractivity contribution is 5.76. The standard InChI is InChI=1S/C20H32N4O2/c1-16-4-6-17(7-5-16)20(8-9-20)21-19(26)24-12-10-23(11-13-24)15-18(25)14-22(2)3/h4-7,18,25H,8-15H2,1-3H3,(H,21,26)/t18-/m1/s1. The Morgan fingerprint density at radius 1 is 1.19 bits per heavy atom. The highest BCUT2D eigenvalue weighted by atomic mass is 16.3. The maximum Gasteiger partial charge on any atom is 0.318 e. The molecule has 6 nitrogen and oxygen atoms in total. The van der Waals surface area contributed by atoms with Crippen molar-refractivity contribution in [1.82, 2.24) is 20.0 Å². The molecule has 1 saturated heterocycles. The summed E-state index contributed by atoms with van der Waals surface area (Å²) in [7, 11) is 3.93. The van der Waals surface area contributed by atoms with Gasteiger partial charge in [0, 0.05) is 39.3 Å². The van der Waals surface area contributed by atoms with E-state index in [1.165, 1.54) is 11.1 Å². The van der Waals surface area contributed by atoms with Gasteiger partial charge in [-0.05, 0) is 39.4 Å². The van der Waals surface area contributed by atoms with Crippen molar-refractivity contribution in [2.75, 3.05) is 53.4 Å². The lowest BCUT2D eigenvalue weighted by Crippen LogP contribution is -2.54. The number of benzene rings is 1. The Morgan fingerprint density at radius 2 is 1.81 bits per heavy atom. The van der Waals surface area contributed by atoms with Gasteiger partial charge >= 0.3 is 6.03 Å². The lowest BCUT2D eigenvalue weighted by atomic mass is 10.0. The van der Waals surface area contributed by atoms with Crippen LogP contribution in [0.1, 0.15) is 24.0 Å². The van der Waals surface area contributed by atoms with Crippen molar-refractivity contribution in [3.05, 3.63) is 35.4 Å². The number of aliphatic hydroxyl groups is 1. The predicted octanol–water partition coefficient (Wildman–Crippen LogP) is 1.23. The SMILES string of the molecule is Cc1ccc(C2(NC(=O)N3CCN(C[C@H](O)CN(C)C)CC3)CC2)cc1. The highest BCUT2D eigenvalue weighted by Crippen LogP contribution is 2.45. The fraction of sp³-hybridized carbons (Fsp3) is 0.650. The van der Waals surface area contributed by atoms with Gasteiger partial charge in [-0.15, -0.1) is 0 Å². The summed E-state index contributed by atoms with van der Waals surface area (Å²) in [5.74, 6) is 0. The highest BCUT2D eigenvalue weighted by Gasteiger charge is 2.46. The third kappa shape index (κ3) is 4.75. The molecule has 0 bridgehead atoms. The van der Waals surface area contributed by atoms with Crippen molar-refractivity contribution in [2.45, 2.75) is 31.4 Å². The molecule has 3 rings (SSSR count). The van der Waals surface area contributed by atoms with E-state index in [-0.39, 0.29) is 17.7 Å². The Morgan fingerprint density at radius 3 is 2.35 bits per heavy atom. The third-order valence-corrected chi connectivity index (χ3v) is 5.40. The number of nitrogens with zero attached hydrogens (tertiary/aromatic N) is 3. The van der Waals surface area contributed by atoms with E-state index in [9.17, 15) is 9.90 Å².